The molecule has 0 aromatic heterocycles. The number of carboxylic acid groups (broad SMARTS) is 1. The zero-order valence-corrected chi connectivity index (χ0v) is 12.4. The summed E-state index contributed by atoms with van der Waals surface area (Å²) < 4.78 is 24.8. The van der Waals surface area contributed by atoms with Crippen molar-refractivity contribution in [2.75, 3.05) is 11.0 Å². The van der Waals surface area contributed by atoms with Crippen LogP contribution in [0.25, 0.3) is 11.1 Å². The number of hydrogen-bond acceptors (Lipinski definition) is 3. The molecule has 0 aliphatic heterocycles. The molecule has 21 heavy (non-hydrogen) atoms. The molecule has 0 aliphatic rings. The van der Waals surface area contributed by atoms with Gasteiger partial charge >= 0.3 is 5.97 Å². The Balaban J connectivity index is 2.34. The van der Waals surface area contributed by atoms with Crippen molar-refractivity contribution < 1.29 is 18.3 Å². The molecule has 0 unspecified atom stereocenters. The molecule has 0 atom stereocenters. The lowest BCUT2D eigenvalue weighted by Crippen LogP contribution is -2.09. The van der Waals surface area contributed by atoms with E-state index < -0.39 is 16.0 Å². The van der Waals surface area contributed by atoms with Gasteiger partial charge in [-0.05, 0) is 47.9 Å². The Hall–Kier alpha value is -2.34. The van der Waals surface area contributed by atoms with E-state index in [2.05, 4.69) is 4.72 Å². The number of sulfonamides is 1. The van der Waals surface area contributed by atoms with Crippen molar-refractivity contribution in [1.29, 1.82) is 0 Å². The van der Waals surface area contributed by atoms with Crippen molar-refractivity contribution >= 4 is 21.7 Å². The minimum Gasteiger partial charge on any atom is -0.478 e. The van der Waals surface area contributed by atoms with Crippen molar-refractivity contribution in [3.05, 3.63) is 53.6 Å². The number of benzene rings is 2. The number of rotatable bonds is 4. The quantitative estimate of drug-likeness (QED) is 0.909. The van der Waals surface area contributed by atoms with E-state index in [9.17, 15) is 13.2 Å². The highest BCUT2D eigenvalue weighted by molar-refractivity contribution is 7.92. The molecule has 2 N–H and O–H groups in total. The summed E-state index contributed by atoms with van der Waals surface area (Å²) in [5.41, 5.74) is 3.42. The molecular formula is C15H15NO4S. The Bertz CT molecular complexity index is 780. The van der Waals surface area contributed by atoms with E-state index in [1.165, 1.54) is 0 Å². The van der Waals surface area contributed by atoms with E-state index in [4.69, 9.17) is 5.11 Å². The van der Waals surface area contributed by atoms with Gasteiger partial charge < -0.3 is 5.11 Å². The molecule has 2 aromatic rings. The molecule has 0 heterocycles. The summed E-state index contributed by atoms with van der Waals surface area (Å²) in [4.78, 5) is 10.8. The topological polar surface area (TPSA) is 83.5 Å². The first-order valence-corrected chi connectivity index (χ1v) is 8.07. The van der Waals surface area contributed by atoms with Gasteiger partial charge in [0.1, 0.15) is 0 Å². The van der Waals surface area contributed by atoms with Gasteiger partial charge in [0, 0.05) is 5.69 Å². The number of hydrogen-bond donors (Lipinski definition) is 2. The van der Waals surface area contributed by atoms with E-state index in [1.807, 2.05) is 6.92 Å². The summed E-state index contributed by atoms with van der Waals surface area (Å²) in [5, 5.41) is 8.88. The Labute approximate surface area is 123 Å². The second-order valence-corrected chi connectivity index (χ2v) is 6.53. The molecule has 2 aromatic carbocycles. The van der Waals surface area contributed by atoms with E-state index >= 15 is 0 Å². The Morgan fingerprint density at radius 2 is 1.71 bits per heavy atom. The Kier molecular flexibility index (Phi) is 3.99. The average Bonchev–Trinajstić information content (AvgIpc) is 2.37. The van der Waals surface area contributed by atoms with Crippen LogP contribution in [0.1, 0.15) is 15.9 Å². The van der Waals surface area contributed by atoms with Crippen molar-refractivity contribution in [2.24, 2.45) is 0 Å². The van der Waals surface area contributed by atoms with Crippen LogP contribution in [0.5, 0.6) is 0 Å². The van der Waals surface area contributed by atoms with Gasteiger partial charge in [-0.3, -0.25) is 4.72 Å². The van der Waals surface area contributed by atoms with Gasteiger partial charge in [-0.15, -0.1) is 0 Å². The van der Waals surface area contributed by atoms with Gasteiger partial charge in [-0.2, -0.15) is 0 Å². The highest BCUT2D eigenvalue weighted by Gasteiger charge is 2.07. The van der Waals surface area contributed by atoms with Crippen LogP contribution in [0, 0.1) is 6.92 Å². The van der Waals surface area contributed by atoms with Gasteiger partial charge in [0.25, 0.3) is 0 Å². The summed E-state index contributed by atoms with van der Waals surface area (Å²) in [5.74, 6) is -0.967. The van der Waals surface area contributed by atoms with Crippen LogP contribution in [0.3, 0.4) is 0 Å². The number of carboxylic acids is 1. The largest absolute Gasteiger partial charge is 0.478 e. The molecule has 6 heteroatoms. The minimum absolute atomic E-state index is 0.228. The fourth-order valence-electron chi connectivity index (χ4n) is 2.06. The van der Waals surface area contributed by atoms with E-state index in [-0.39, 0.29) is 5.56 Å². The zero-order chi connectivity index (χ0) is 15.6. The summed E-state index contributed by atoms with van der Waals surface area (Å²) in [6.07, 6.45) is 1.10. The van der Waals surface area contributed by atoms with Crippen molar-refractivity contribution in [3.63, 3.8) is 0 Å². The summed E-state index contributed by atoms with van der Waals surface area (Å²) in [6, 6.07) is 11.8. The normalized spacial score (nSPS) is 11.1. The van der Waals surface area contributed by atoms with Gasteiger partial charge in [-0.25, -0.2) is 13.2 Å². The molecule has 0 saturated carbocycles. The SMILES string of the molecule is Cc1cc(NS(C)(=O)=O)ccc1-c1ccc(C(=O)O)cc1. The predicted octanol–water partition coefficient (Wildman–Crippen LogP) is 2.73. The molecule has 0 fully saturated rings. The lowest BCUT2D eigenvalue weighted by atomic mass is 9.99. The maximum atomic E-state index is 11.2. The van der Waals surface area contributed by atoms with Gasteiger partial charge in [0.05, 0.1) is 11.8 Å². The van der Waals surface area contributed by atoms with E-state index in [1.54, 1.807) is 42.5 Å². The maximum Gasteiger partial charge on any atom is 0.335 e. The third-order valence-corrected chi connectivity index (χ3v) is 3.58. The average molecular weight is 305 g/mol. The molecule has 0 bridgehead atoms. The molecule has 5 nitrogen and oxygen atoms in total. The standard InChI is InChI=1S/C15H15NO4S/c1-10-9-13(16-21(2,19)20)7-8-14(10)11-3-5-12(6-4-11)15(17)18/h3-9,16H,1-2H3,(H,17,18). The Morgan fingerprint density at radius 1 is 1.10 bits per heavy atom. The van der Waals surface area contributed by atoms with Crippen molar-refractivity contribution in [3.8, 4) is 11.1 Å². The molecule has 0 saturated heterocycles. The number of aromatic carboxylic acids is 1. The van der Waals surface area contributed by atoms with Crippen LogP contribution in [0.15, 0.2) is 42.5 Å². The predicted molar refractivity (Wildman–Crippen MR) is 82.0 cm³/mol. The Morgan fingerprint density at radius 3 is 2.19 bits per heavy atom. The smallest absolute Gasteiger partial charge is 0.335 e. The van der Waals surface area contributed by atoms with E-state index in [0.717, 1.165) is 22.9 Å². The molecule has 0 amide bonds. The number of nitrogens with one attached hydrogen (secondary N) is 1. The summed E-state index contributed by atoms with van der Waals surface area (Å²) >= 11 is 0. The first-order chi connectivity index (χ1) is 9.76. The van der Waals surface area contributed by atoms with Crippen LogP contribution in [-0.2, 0) is 10.0 Å². The first kappa shape index (κ1) is 15.1. The summed E-state index contributed by atoms with van der Waals surface area (Å²) in [7, 11) is -3.30. The van der Waals surface area contributed by atoms with Crippen LogP contribution in [0.4, 0.5) is 5.69 Å². The third kappa shape index (κ3) is 3.82. The van der Waals surface area contributed by atoms with Crippen LogP contribution < -0.4 is 4.72 Å². The molecular weight excluding hydrogens is 290 g/mol. The number of anilines is 1. The molecule has 0 spiro atoms. The lowest BCUT2D eigenvalue weighted by molar-refractivity contribution is 0.0697. The molecule has 0 radical (unpaired) electrons. The highest BCUT2D eigenvalue weighted by Crippen LogP contribution is 2.26. The van der Waals surface area contributed by atoms with Gasteiger partial charge in [0.15, 0.2) is 0 Å². The second kappa shape index (κ2) is 5.57. The fourth-order valence-corrected chi connectivity index (χ4v) is 2.61. The molecule has 110 valence electrons. The van der Waals surface area contributed by atoms with Crippen molar-refractivity contribution in [2.45, 2.75) is 6.92 Å². The fraction of sp³-hybridized carbons (Fsp3) is 0.133. The minimum atomic E-state index is -3.30. The highest BCUT2D eigenvalue weighted by atomic mass is 32.2. The maximum absolute atomic E-state index is 11.2. The van der Waals surface area contributed by atoms with Crippen LogP contribution >= 0.6 is 0 Å². The zero-order valence-electron chi connectivity index (χ0n) is 11.6. The first-order valence-electron chi connectivity index (χ1n) is 6.18. The molecule has 2 rings (SSSR count). The van der Waals surface area contributed by atoms with Crippen molar-refractivity contribution in [1.82, 2.24) is 0 Å². The molecule has 0 aliphatic carbocycles. The van der Waals surface area contributed by atoms with Crippen LogP contribution in [-0.4, -0.2) is 25.7 Å². The number of aryl methyl sites for hydroxylation is 1. The third-order valence-electron chi connectivity index (χ3n) is 2.97. The lowest BCUT2D eigenvalue weighted by Gasteiger charge is -2.10. The van der Waals surface area contributed by atoms with Gasteiger partial charge in [0.2, 0.25) is 10.0 Å². The monoisotopic (exact) mass is 305 g/mol. The van der Waals surface area contributed by atoms with E-state index in [0.29, 0.717) is 5.69 Å². The van der Waals surface area contributed by atoms with Crippen LogP contribution in [0.2, 0.25) is 0 Å². The van der Waals surface area contributed by atoms with Gasteiger partial charge in [-0.1, -0.05) is 18.2 Å². The summed E-state index contributed by atoms with van der Waals surface area (Å²) in [6.45, 7) is 1.87. The number of carbonyl (C=O) groups is 1. The second-order valence-electron chi connectivity index (χ2n) is 4.79.